The number of rotatable bonds is 3. The van der Waals surface area contributed by atoms with E-state index in [1.54, 1.807) is 30.3 Å². The fourth-order valence-electron chi connectivity index (χ4n) is 2.76. The van der Waals surface area contributed by atoms with Gasteiger partial charge in [-0.25, -0.2) is 4.39 Å². The van der Waals surface area contributed by atoms with Gasteiger partial charge in [0.25, 0.3) is 5.91 Å². The lowest BCUT2D eigenvalue weighted by Gasteiger charge is -2.17. The molecule has 4 heteroatoms. The van der Waals surface area contributed by atoms with Gasteiger partial charge < -0.3 is 10.4 Å². The normalized spacial score (nSPS) is 18.1. The summed E-state index contributed by atoms with van der Waals surface area (Å²) in [6, 6.07) is 13.2. The van der Waals surface area contributed by atoms with Gasteiger partial charge in [-0.15, -0.1) is 0 Å². The third kappa shape index (κ3) is 2.81. The molecule has 0 fully saturated rings. The molecule has 0 spiro atoms. The van der Waals surface area contributed by atoms with Crippen molar-refractivity contribution < 1.29 is 14.3 Å². The van der Waals surface area contributed by atoms with Gasteiger partial charge in [-0.05, 0) is 41.7 Å². The molecule has 1 amide bonds. The van der Waals surface area contributed by atoms with Gasteiger partial charge in [-0.3, -0.25) is 4.79 Å². The van der Waals surface area contributed by atoms with Crippen LogP contribution in [0.3, 0.4) is 0 Å². The van der Waals surface area contributed by atoms with Gasteiger partial charge in [-0.2, -0.15) is 0 Å². The first kappa shape index (κ1) is 13.8. The Kier molecular flexibility index (Phi) is 3.71. The molecule has 2 atom stereocenters. The number of amides is 1. The summed E-state index contributed by atoms with van der Waals surface area (Å²) in [6.45, 7) is 0. The van der Waals surface area contributed by atoms with Gasteiger partial charge in [0.15, 0.2) is 6.10 Å². The summed E-state index contributed by atoms with van der Waals surface area (Å²) < 4.78 is 13.3. The molecule has 3 nitrogen and oxygen atoms in total. The Labute approximate surface area is 122 Å². The molecule has 2 aromatic rings. The number of hydrogen-bond acceptors (Lipinski definition) is 2. The molecule has 0 radical (unpaired) electrons. The minimum atomic E-state index is -1.20. The monoisotopic (exact) mass is 285 g/mol. The number of carbonyl (C=O) groups excluding carboxylic acids is 1. The number of aryl methyl sites for hydroxylation is 1. The third-order valence-electron chi connectivity index (χ3n) is 3.87. The Morgan fingerprint density at radius 2 is 2.00 bits per heavy atom. The van der Waals surface area contributed by atoms with Crippen LogP contribution < -0.4 is 5.32 Å². The maximum atomic E-state index is 13.3. The van der Waals surface area contributed by atoms with E-state index in [1.165, 1.54) is 12.1 Å². The van der Waals surface area contributed by atoms with E-state index in [9.17, 15) is 14.3 Å². The zero-order chi connectivity index (χ0) is 14.8. The topological polar surface area (TPSA) is 49.3 Å². The minimum Gasteiger partial charge on any atom is -0.378 e. The van der Waals surface area contributed by atoms with E-state index >= 15 is 0 Å². The number of benzene rings is 2. The Morgan fingerprint density at radius 3 is 2.76 bits per heavy atom. The van der Waals surface area contributed by atoms with Crippen LogP contribution in [-0.4, -0.2) is 11.0 Å². The van der Waals surface area contributed by atoms with E-state index in [-0.39, 0.29) is 11.9 Å². The first-order chi connectivity index (χ1) is 10.1. The van der Waals surface area contributed by atoms with Crippen LogP contribution in [0.4, 0.5) is 4.39 Å². The van der Waals surface area contributed by atoms with Gasteiger partial charge in [0.2, 0.25) is 0 Å². The molecule has 0 heterocycles. The van der Waals surface area contributed by atoms with Crippen molar-refractivity contribution in [3.05, 3.63) is 71.0 Å². The lowest BCUT2D eigenvalue weighted by atomic mass is 10.1. The molecule has 3 rings (SSSR count). The number of aliphatic hydroxyl groups is 1. The summed E-state index contributed by atoms with van der Waals surface area (Å²) in [5, 5.41) is 12.9. The summed E-state index contributed by atoms with van der Waals surface area (Å²) in [7, 11) is 0. The molecular formula is C17H16FNO2. The fourth-order valence-corrected chi connectivity index (χ4v) is 2.76. The average molecular weight is 285 g/mol. The Hall–Kier alpha value is -2.20. The largest absolute Gasteiger partial charge is 0.378 e. The quantitative estimate of drug-likeness (QED) is 0.911. The second-order valence-corrected chi connectivity index (χ2v) is 5.26. The number of hydrogen-bond donors (Lipinski definition) is 2. The first-order valence-electron chi connectivity index (χ1n) is 6.97. The van der Waals surface area contributed by atoms with Crippen molar-refractivity contribution in [3.8, 4) is 0 Å². The van der Waals surface area contributed by atoms with Crippen LogP contribution in [0.1, 0.15) is 35.3 Å². The molecule has 0 aromatic heterocycles. The van der Waals surface area contributed by atoms with Crippen LogP contribution in [0.2, 0.25) is 0 Å². The van der Waals surface area contributed by atoms with Gasteiger partial charge in [-0.1, -0.05) is 36.4 Å². The second kappa shape index (κ2) is 5.66. The van der Waals surface area contributed by atoms with Crippen molar-refractivity contribution in [1.82, 2.24) is 5.32 Å². The highest BCUT2D eigenvalue weighted by Gasteiger charge is 2.27. The minimum absolute atomic E-state index is 0.235. The van der Waals surface area contributed by atoms with Gasteiger partial charge in [0.05, 0.1) is 6.04 Å². The zero-order valence-electron chi connectivity index (χ0n) is 11.4. The summed E-state index contributed by atoms with van der Waals surface area (Å²) in [6.07, 6.45) is 0.331. The van der Waals surface area contributed by atoms with Gasteiger partial charge >= 0.3 is 0 Å². The highest BCUT2D eigenvalue weighted by molar-refractivity contribution is 5.82. The summed E-state index contributed by atoms with van der Waals surface area (Å²) in [5.41, 5.74) is 2.41. The molecule has 0 bridgehead atoms. The van der Waals surface area contributed by atoms with Crippen LogP contribution in [0.5, 0.6) is 0 Å². The average Bonchev–Trinajstić information content (AvgIpc) is 2.89. The van der Waals surface area contributed by atoms with E-state index in [1.807, 2.05) is 6.07 Å². The highest BCUT2D eigenvalue weighted by atomic mass is 19.1. The maximum absolute atomic E-state index is 13.3. The van der Waals surface area contributed by atoms with Crippen LogP contribution in [0.15, 0.2) is 48.5 Å². The van der Waals surface area contributed by atoms with Crippen LogP contribution >= 0.6 is 0 Å². The molecule has 0 saturated carbocycles. The standard InChI is InChI=1S/C17H16FNO2/c18-13-8-6-11-7-9-15(14(11)10-13)19-17(21)16(20)12-4-2-1-3-5-12/h1-6,8,10,15-16,20H,7,9H2,(H,19,21). The second-order valence-electron chi connectivity index (χ2n) is 5.26. The summed E-state index contributed by atoms with van der Waals surface area (Å²) >= 11 is 0. The number of carbonyl (C=O) groups is 1. The Balaban J connectivity index is 1.74. The van der Waals surface area contributed by atoms with Crippen LogP contribution in [0, 0.1) is 5.82 Å². The molecule has 2 unspecified atom stereocenters. The molecule has 0 aliphatic heterocycles. The number of aliphatic hydroxyl groups excluding tert-OH is 1. The molecule has 2 N–H and O–H groups in total. The Morgan fingerprint density at radius 1 is 1.24 bits per heavy atom. The molecule has 0 saturated heterocycles. The van der Waals surface area contributed by atoms with E-state index in [2.05, 4.69) is 5.32 Å². The third-order valence-corrected chi connectivity index (χ3v) is 3.87. The van der Waals surface area contributed by atoms with Crippen molar-refractivity contribution in [2.75, 3.05) is 0 Å². The molecule has 108 valence electrons. The molecule has 21 heavy (non-hydrogen) atoms. The molecular weight excluding hydrogens is 269 g/mol. The van der Waals surface area contributed by atoms with E-state index in [0.29, 0.717) is 5.56 Å². The number of fused-ring (bicyclic) bond motifs is 1. The first-order valence-corrected chi connectivity index (χ1v) is 6.97. The zero-order valence-corrected chi connectivity index (χ0v) is 11.4. The number of halogens is 1. The number of nitrogens with one attached hydrogen (secondary N) is 1. The SMILES string of the molecule is O=C(NC1CCc2ccc(F)cc21)C(O)c1ccccc1. The van der Waals surface area contributed by atoms with Crippen molar-refractivity contribution in [3.63, 3.8) is 0 Å². The van der Waals surface area contributed by atoms with Crippen molar-refractivity contribution in [1.29, 1.82) is 0 Å². The van der Waals surface area contributed by atoms with Crippen molar-refractivity contribution in [2.24, 2.45) is 0 Å². The summed E-state index contributed by atoms with van der Waals surface area (Å²) in [4.78, 5) is 12.1. The molecule has 2 aromatic carbocycles. The fraction of sp³-hybridized carbons (Fsp3) is 0.235. The Bertz CT molecular complexity index is 657. The molecule has 1 aliphatic carbocycles. The predicted molar refractivity (Wildman–Crippen MR) is 77.0 cm³/mol. The van der Waals surface area contributed by atoms with Gasteiger partial charge in [0.1, 0.15) is 5.82 Å². The van der Waals surface area contributed by atoms with Gasteiger partial charge in [0, 0.05) is 0 Å². The van der Waals surface area contributed by atoms with E-state index in [4.69, 9.17) is 0 Å². The maximum Gasteiger partial charge on any atom is 0.253 e. The van der Waals surface area contributed by atoms with E-state index in [0.717, 1.165) is 24.0 Å². The highest BCUT2D eigenvalue weighted by Crippen LogP contribution is 2.32. The van der Waals surface area contributed by atoms with E-state index < -0.39 is 12.0 Å². The lowest BCUT2D eigenvalue weighted by molar-refractivity contribution is -0.130. The lowest BCUT2D eigenvalue weighted by Crippen LogP contribution is -2.32. The van der Waals surface area contributed by atoms with Crippen molar-refractivity contribution in [2.45, 2.75) is 25.0 Å². The predicted octanol–water partition coefficient (Wildman–Crippen LogP) is 2.66. The van der Waals surface area contributed by atoms with Crippen LogP contribution in [0.25, 0.3) is 0 Å². The van der Waals surface area contributed by atoms with Crippen molar-refractivity contribution >= 4 is 5.91 Å². The smallest absolute Gasteiger partial charge is 0.253 e. The summed E-state index contributed by atoms with van der Waals surface area (Å²) in [5.74, 6) is -0.762. The molecule has 1 aliphatic rings. The van der Waals surface area contributed by atoms with Crippen LogP contribution in [-0.2, 0) is 11.2 Å².